The van der Waals surface area contributed by atoms with Gasteiger partial charge in [-0.25, -0.2) is 4.79 Å². The third-order valence-corrected chi connectivity index (χ3v) is 4.54. The summed E-state index contributed by atoms with van der Waals surface area (Å²) in [7, 11) is 0. The smallest absolute Gasteiger partial charge is 0.304 e. The maximum Gasteiger partial charge on any atom is 0.436 e. The number of rotatable bonds is 4. The van der Waals surface area contributed by atoms with Crippen LogP contribution in [-0.4, -0.2) is 57.0 Å². The normalized spacial score (nSPS) is 14.9. The fourth-order valence-electron chi connectivity index (χ4n) is 3.08. The van der Waals surface area contributed by atoms with Gasteiger partial charge in [0.05, 0.1) is 11.9 Å². The lowest BCUT2D eigenvalue weighted by Gasteiger charge is -2.33. The van der Waals surface area contributed by atoms with Gasteiger partial charge in [-0.15, -0.1) is 5.10 Å². The van der Waals surface area contributed by atoms with Gasteiger partial charge < -0.3 is 4.90 Å². The fourth-order valence-corrected chi connectivity index (χ4v) is 3.08. The quantitative estimate of drug-likeness (QED) is 0.712. The summed E-state index contributed by atoms with van der Waals surface area (Å²) in [6, 6.07) is 17.7. The molecule has 0 bridgehead atoms. The molecule has 2 aromatic heterocycles. The van der Waals surface area contributed by atoms with Gasteiger partial charge in [-0.1, -0.05) is 41.2 Å². The summed E-state index contributed by atoms with van der Waals surface area (Å²) < 4.78 is 0. The van der Waals surface area contributed by atoms with E-state index in [0.717, 1.165) is 25.3 Å². The lowest BCUT2D eigenvalue weighted by molar-refractivity contribution is 0.0581. The predicted octanol–water partition coefficient (Wildman–Crippen LogP) is 2.31. The Morgan fingerprint density at radius 1 is 0.926 bits per heavy atom. The van der Waals surface area contributed by atoms with Crippen molar-refractivity contribution in [3.05, 3.63) is 72.6 Å². The molecule has 1 aromatic carbocycles. The maximum absolute atomic E-state index is 12.4. The Labute approximate surface area is 157 Å². The summed E-state index contributed by atoms with van der Waals surface area (Å²) in [5.74, 6) is 0. The minimum Gasteiger partial charge on any atom is -0.304 e. The molecule has 1 fully saturated rings. The zero-order valence-electron chi connectivity index (χ0n) is 14.9. The SMILES string of the molecule is O=C(On1ccc(-c2ccccn2)n1)N1CCN(Cc2ccccc2)CC1. The van der Waals surface area contributed by atoms with Crippen LogP contribution in [0.2, 0.25) is 0 Å². The molecule has 0 radical (unpaired) electrons. The zero-order chi connectivity index (χ0) is 18.5. The lowest BCUT2D eigenvalue weighted by atomic mass is 10.2. The van der Waals surface area contributed by atoms with Gasteiger partial charge in [-0.05, 0) is 23.8 Å². The average Bonchev–Trinajstić information content (AvgIpc) is 3.18. The van der Waals surface area contributed by atoms with E-state index in [-0.39, 0.29) is 6.09 Å². The van der Waals surface area contributed by atoms with Crippen molar-refractivity contribution >= 4 is 6.09 Å². The first-order valence-corrected chi connectivity index (χ1v) is 8.98. The molecule has 0 unspecified atom stereocenters. The van der Waals surface area contributed by atoms with Crippen LogP contribution in [0.3, 0.4) is 0 Å². The highest BCUT2D eigenvalue weighted by molar-refractivity contribution is 5.68. The van der Waals surface area contributed by atoms with Gasteiger partial charge in [-0.2, -0.15) is 0 Å². The van der Waals surface area contributed by atoms with Gasteiger partial charge in [0.15, 0.2) is 0 Å². The highest BCUT2D eigenvalue weighted by atomic mass is 16.7. The van der Waals surface area contributed by atoms with Crippen molar-refractivity contribution in [1.82, 2.24) is 24.7 Å². The molecule has 0 N–H and O–H groups in total. The van der Waals surface area contributed by atoms with Crippen molar-refractivity contribution in [2.75, 3.05) is 26.2 Å². The molecule has 1 aliphatic heterocycles. The molecule has 7 nitrogen and oxygen atoms in total. The summed E-state index contributed by atoms with van der Waals surface area (Å²) in [6.45, 7) is 3.82. The van der Waals surface area contributed by atoms with E-state index in [2.05, 4.69) is 27.1 Å². The molecule has 0 spiro atoms. The molecule has 0 saturated carbocycles. The first kappa shape index (κ1) is 17.2. The molecule has 0 atom stereocenters. The van der Waals surface area contributed by atoms with Crippen molar-refractivity contribution < 1.29 is 9.63 Å². The largest absolute Gasteiger partial charge is 0.436 e. The number of pyridine rings is 1. The van der Waals surface area contributed by atoms with Crippen LogP contribution >= 0.6 is 0 Å². The van der Waals surface area contributed by atoms with Gasteiger partial charge >= 0.3 is 6.09 Å². The van der Waals surface area contributed by atoms with Crippen molar-refractivity contribution in [1.29, 1.82) is 0 Å². The first-order chi connectivity index (χ1) is 13.3. The van der Waals surface area contributed by atoms with Crippen LogP contribution in [0.15, 0.2) is 67.0 Å². The molecule has 3 aromatic rings. The number of hydrogen-bond acceptors (Lipinski definition) is 5. The van der Waals surface area contributed by atoms with Crippen molar-refractivity contribution in [2.45, 2.75) is 6.54 Å². The number of carbonyl (C=O) groups excluding carboxylic acids is 1. The van der Waals surface area contributed by atoms with Gasteiger partial charge in [0.2, 0.25) is 0 Å². The second-order valence-corrected chi connectivity index (χ2v) is 6.42. The lowest BCUT2D eigenvalue weighted by Crippen LogP contribution is -2.50. The minimum absolute atomic E-state index is 0.384. The molecule has 27 heavy (non-hydrogen) atoms. The van der Waals surface area contributed by atoms with E-state index in [9.17, 15) is 4.79 Å². The zero-order valence-corrected chi connectivity index (χ0v) is 14.9. The highest BCUT2D eigenvalue weighted by Crippen LogP contribution is 2.13. The number of carbonyl (C=O) groups is 1. The Kier molecular flexibility index (Phi) is 5.11. The standard InChI is InChI=1S/C20H21N5O2/c26-20(27-25-11-9-19(22-25)18-8-4-5-10-21-18)24-14-12-23(13-15-24)16-17-6-2-1-3-7-17/h1-11H,12-16H2. The Morgan fingerprint density at radius 3 is 2.44 bits per heavy atom. The van der Waals surface area contributed by atoms with Crippen molar-refractivity contribution in [3.8, 4) is 11.4 Å². The number of piperazine rings is 1. The maximum atomic E-state index is 12.4. The van der Waals surface area contributed by atoms with E-state index < -0.39 is 0 Å². The number of benzene rings is 1. The molecule has 138 valence electrons. The van der Waals surface area contributed by atoms with E-state index in [1.54, 1.807) is 23.4 Å². The molecular formula is C20H21N5O2. The predicted molar refractivity (Wildman–Crippen MR) is 101 cm³/mol. The Hall–Kier alpha value is -3.19. The minimum atomic E-state index is -0.384. The Balaban J connectivity index is 1.29. The van der Waals surface area contributed by atoms with E-state index in [4.69, 9.17) is 4.84 Å². The van der Waals surface area contributed by atoms with Gasteiger partial charge in [0.1, 0.15) is 5.69 Å². The molecular weight excluding hydrogens is 342 g/mol. The van der Waals surface area contributed by atoms with Crippen LogP contribution in [0.4, 0.5) is 4.79 Å². The molecule has 1 saturated heterocycles. The fraction of sp³-hybridized carbons (Fsp3) is 0.250. The monoisotopic (exact) mass is 363 g/mol. The van der Waals surface area contributed by atoms with Crippen LogP contribution in [0, 0.1) is 0 Å². The van der Waals surface area contributed by atoms with Gasteiger partial charge in [0, 0.05) is 38.9 Å². The number of hydrogen-bond donors (Lipinski definition) is 0. The van der Waals surface area contributed by atoms with Crippen LogP contribution in [0.1, 0.15) is 5.56 Å². The number of aromatic nitrogens is 3. The molecule has 0 aliphatic carbocycles. The van der Waals surface area contributed by atoms with Crippen LogP contribution < -0.4 is 4.84 Å². The number of nitrogens with zero attached hydrogens (tertiary/aromatic N) is 5. The summed E-state index contributed by atoms with van der Waals surface area (Å²) in [5.41, 5.74) is 2.69. The van der Waals surface area contributed by atoms with Crippen LogP contribution in [0.5, 0.6) is 0 Å². The van der Waals surface area contributed by atoms with E-state index in [1.807, 2.05) is 36.4 Å². The third kappa shape index (κ3) is 4.32. The summed E-state index contributed by atoms with van der Waals surface area (Å²) in [5, 5.41) is 4.26. The van der Waals surface area contributed by atoms with Crippen LogP contribution in [0.25, 0.3) is 11.4 Å². The molecule has 1 aliphatic rings. The number of amides is 1. The van der Waals surface area contributed by atoms with Crippen LogP contribution in [-0.2, 0) is 6.54 Å². The molecule has 1 amide bonds. The van der Waals surface area contributed by atoms with Gasteiger partial charge in [0.25, 0.3) is 0 Å². The third-order valence-electron chi connectivity index (χ3n) is 4.54. The molecule has 3 heterocycles. The summed E-state index contributed by atoms with van der Waals surface area (Å²) in [6.07, 6.45) is 2.94. The Morgan fingerprint density at radius 2 is 1.70 bits per heavy atom. The Bertz CT molecular complexity index is 874. The van der Waals surface area contributed by atoms with Gasteiger partial charge in [-0.3, -0.25) is 14.7 Å². The molecule has 7 heteroatoms. The summed E-state index contributed by atoms with van der Waals surface area (Å²) >= 11 is 0. The topological polar surface area (TPSA) is 63.5 Å². The van der Waals surface area contributed by atoms with E-state index >= 15 is 0 Å². The summed E-state index contributed by atoms with van der Waals surface area (Å²) in [4.78, 5) is 27.2. The second kappa shape index (κ2) is 8.01. The van der Waals surface area contributed by atoms with E-state index in [1.165, 1.54) is 10.4 Å². The molecule has 4 rings (SSSR count). The highest BCUT2D eigenvalue weighted by Gasteiger charge is 2.23. The van der Waals surface area contributed by atoms with E-state index in [0.29, 0.717) is 18.8 Å². The second-order valence-electron chi connectivity index (χ2n) is 6.42. The van der Waals surface area contributed by atoms with Crippen molar-refractivity contribution in [2.24, 2.45) is 0 Å². The van der Waals surface area contributed by atoms with Crippen molar-refractivity contribution in [3.63, 3.8) is 0 Å². The average molecular weight is 363 g/mol. The first-order valence-electron chi connectivity index (χ1n) is 8.98.